The summed E-state index contributed by atoms with van der Waals surface area (Å²) >= 11 is 0. The van der Waals surface area contributed by atoms with Crippen molar-refractivity contribution in [1.29, 1.82) is 0 Å². The Kier molecular flexibility index (Phi) is 6.86. The van der Waals surface area contributed by atoms with E-state index in [9.17, 15) is 4.79 Å². The van der Waals surface area contributed by atoms with E-state index in [2.05, 4.69) is 39.2 Å². The van der Waals surface area contributed by atoms with Crippen molar-refractivity contribution in [3.05, 3.63) is 52.7 Å². The molecule has 152 valence electrons. The number of carbonyl (C=O) groups is 1. The highest BCUT2D eigenvalue weighted by atomic mass is 16.4. The van der Waals surface area contributed by atoms with Gasteiger partial charge in [0.25, 0.3) is 0 Å². The number of oxazole rings is 1. The second-order valence-corrected chi connectivity index (χ2v) is 7.74. The van der Waals surface area contributed by atoms with Crippen LogP contribution in [0.25, 0.3) is 0 Å². The normalized spacial score (nSPS) is 17.3. The Hall–Kier alpha value is -2.18. The summed E-state index contributed by atoms with van der Waals surface area (Å²) < 4.78 is 5.72. The maximum Gasteiger partial charge on any atom is 0.237 e. The van der Waals surface area contributed by atoms with E-state index >= 15 is 0 Å². The summed E-state index contributed by atoms with van der Waals surface area (Å²) in [5.74, 6) is 1.77. The second kappa shape index (κ2) is 9.34. The van der Waals surface area contributed by atoms with Crippen molar-refractivity contribution in [2.75, 3.05) is 26.2 Å². The molecule has 6 nitrogen and oxygen atoms in total. The van der Waals surface area contributed by atoms with Crippen molar-refractivity contribution in [3.8, 4) is 0 Å². The highest BCUT2D eigenvalue weighted by Gasteiger charge is 2.24. The van der Waals surface area contributed by atoms with Crippen LogP contribution < -0.4 is 5.32 Å². The summed E-state index contributed by atoms with van der Waals surface area (Å²) in [6.45, 7) is 13.0. The lowest BCUT2D eigenvalue weighted by molar-refractivity contribution is -0.126. The largest absolute Gasteiger partial charge is 0.444 e. The third kappa shape index (κ3) is 5.20. The average Bonchev–Trinajstić information content (AvgIpc) is 2.85. The Labute approximate surface area is 167 Å². The van der Waals surface area contributed by atoms with Crippen LogP contribution in [0.4, 0.5) is 0 Å². The predicted molar refractivity (Wildman–Crippen MR) is 110 cm³/mol. The number of nitrogens with zero attached hydrogens (tertiary/aromatic N) is 3. The highest BCUT2D eigenvalue weighted by Crippen LogP contribution is 2.14. The first-order valence-electron chi connectivity index (χ1n) is 10.2. The molecule has 6 heteroatoms. The van der Waals surface area contributed by atoms with Crippen LogP contribution in [0.3, 0.4) is 0 Å². The summed E-state index contributed by atoms with van der Waals surface area (Å²) in [6.07, 6.45) is 1.04. The fourth-order valence-electron chi connectivity index (χ4n) is 3.64. The van der Waals surface area contributed by atoms with Gasteiger partial charge in [-0.05, 0) is 51.8 Å². The number of nitrogens with one attached hydrogen (secondary N) is 1. The molecule has 1 amide bonds. The van der Waals surface area contributed by atoms with Gasteiger partial charge in [0.1, 0.15) is 5.76 Å². The standard InChI is InChI=1S/C22H32N4O2/c1-16-8-5-6-9-20(16)14-23-22(27)18(3)26-11-7-10-25(12-13-26)15-21-24-17(2)19(4)28-21/h5-6,8-9,18H,7,10-15H2,1-4H3,(H,23,27). The van der Waals surface area contributed by atoms with Crippen LogP contribution in [0.2, 0.25) is 0 Å². The van der Waals surface area contributed by atoms with Crippen LogP contribution in [0, 0.1) is 20.8 Å². The molecule has 0 radical (unpaired) electrons. The zero-order valence-corrected chi connectivity index (χ0v) is 17.5. The molecule has 3 rings (SSSR count). The fraction of sp³-hybridized carbons (Fsp3) is 0.545. The Morgan fingerprint density at radius 1 is 1.18 bits per heavy atom. The maximum atomic E-state index is 12.7. The van der Waals surface area contributed by atoms with Crippen LogP contribution in [-0.4, -0.2) is 52.9 Å². The molecule has 1 N–H and O–H groups in total. The molecule has 1 fully saturated rings. The zero-order valence-electron chi connectivity index (χ0n) is 17.5. The van der Waals surface area contributed by atoms with Gasteiger partial charge in [-0.15, -0.1) is 0 Å². The lowest BCUT2D eigenvalue weighted by Crippen LogP contribution is -2.46. The zero-order chi connectivity index (χ0) is 20.1. The van der Waals surface area contributed by atoms with Gasteiger partial charge in [-0.25, -0.2) is 4.98 Å². The van der Waals surface area contributed by atoms with Gasteiger partial charge in [0, 0.05) is 26.2 Å². The van der Waals surface area contributed by atoms with Crippen molar-refractivity contribution in [3.63, 3.8) is 0 Å². The Morgan fingerprint density at radius 2 is 1.96 bits per heavy atom. The fourth-order valence-corrected chi connectivity index (χ4v) is 3.64. The summed E-state index contributed by atoms with van der Waals surface area (Å²) in [5.41, 5.74) is 3.34. The van der Waals surface area contributed by atoms with Gasteiger partial charge in [0.15, 0.2) is 0 Å². The molecule has 28 heavy (non-hydrogen) atoms. The molecular weight excluding hydrogens is 352 g/mol. The van der Waals surface area contributed by atoms with Gasteiger partial charge >= 0.3 is 0 Å². The molecule has 2 heterocycles. The van der Waals surface area contributed by atoms with Gasteiger partial charge in [0.05, 0.1) is 18.3 Å². The van der Waals surface area contributed by atoms with Crippen LogP contribution in [-0.2, 0) is 17.9 Å². The first-order chi connectivity index (χ1) is 13.4. The molecule has 0 aliphatic carbocycles. The third-order valence-corrected chi connectivity index (χ3v) is 5.70. The molecule has 0 spiro atoms. The number of aryl methyl sites for hydroxylation is 3. The van der Waals surface area contributed by atoms with Crippen molar-refractivity contribution in [2.45, 2.75) is 53.2 Å². The van der Waals surface area contributed by atoms with E-state index in [0.29, 0.717) is 6.54 Å². The van der Waals surface area contributed by atoms with Crippen LogP contribution in [0.1, 0.15) is 41.8 Å². The van der Waals surface area contributed by atoms with Gasteiger partial charge in [0.2, 0.25) is 11.8 Å². The van der Waals surface area contributed by atoms with Gasteiger partial charge in [-0.2, -0.15) is 0 Å². The van der Waals surface area contributed by atoms with Crippen molar-refractivity contribution < 1.29 is 9.21 Å². The number of hydrogen-bond acceptors (Lipinski definition) is 5. The van der Waals surface area contributed by atoms with Crippen LogP contribution >= 0.6 is 0 Å². The minimum Gasteiger partial charge on any atom is -0.444 e. The molecule has 1 aromatic heterocycles. The van der Waals surface area contributed by atoms with E-state index in [1.54, 1.807) is 0 Å². The first kappa shape index (κ1) is 20.6. The first-order valence-corrected chi connectivity index (χ1v) is 10.2. The number of carbonyl (C=O) groups excluding carboxylic acids is 1. The van der Waals surface area contributed by atoms with E-state index in [4.69, 9.17) is 4.42 Å². The Balaban J connectivity index is 1.49. The van der Waals surface area contributed by atoms with Crippen molar-refractivity contribution >= 4 is 5.91 Å². The molecule has 1 aromatic carbocycles. The summed E-state index contributed by atoms with van der Waals surface area (Å²) in [4.78, 5) is 21.8. The maximum absolute atomic E-state index is 12.7. The number of rotatable bonds is 6. The van der Waals surface area contributed by atoms with E-state index < -0.39 is 0 Å². The molecule has 2 aromatic rings. The molecule has 1 atom stereocenters. The number of hydrogen-bond donors (Lipinski definition) is 1. The minimum absolute atomic E-state index is 0.0932. The van der Waals surface area contributed by atoms with Crippen molar-refractivity contribution in [1.82, 2.24) is 20.1 Å². The Bertz CT molecular complexity index is 782. The lowest BCUT2D eigenvalue weighted by atomic mass is 10.1. The molecule has 1 unspecified atom stereocenters. The summed E-state index contributed by atoms with van der Waals surface area (Å²) in [5, 5.41) is 3.10. The SMILES string of the molecule is Cc1ccccc1CNC(=O)C(C)N1CCCN(Cc2nc(C)c(C)o2)CC1. The van der Waals surface area contributed by atoms with E-state index in [-0.39, 0.29) is 11.9 Å². The molecule has 0 saturated carbocycles. The van der Waals surface area contributed by atoms with Gasteiger partial charge in [-0.1, -0.05) is 24.3 Å². The molecule has 1 saturated heterocycles. The number of aromatic nitrogens is 1. The Morgan fingerprint density at radius 3 is 2.68 bits per heavy atom. The second-order valence-electron chi connectivity index (χ2n) is 7.74. The molecule has 0 bridgehead atoms. The van der Waals surface area contributed by atoms with Crippen molar-refractivity contribution in [2.24, 2.45) is 0 Å². The number of amides is 1. The predicted octanol–water partition coefficient (Wildman–Crippen LogP) is 2.81. The average molecular weight is 385 g/mol. The summed E-state index contributed by atoms with van der Waals surface area (Å²) in [6, 6.07) is 8.04. The molecular formula is C22H32N4O2. The topological polar surface area (TPSA) is 61.6 Å². The van der Waals surface area contributed by atoms with Gasteiger partial charge in [-0.3, -0.25) is 14.6 Å². The number of benzene rings is 1. The van der Waals surface area contributed by atoms with Crippen LogP contribution in [0.5, 0.6) is 0 Å². The smallest absolute Gasteiger partial charge is 0.237 e. The van der Waals surface area contributed by atoms with Gasteiger partial charge < -0.3 is 9.73 Å². The molecule has 1 aliphatic heterocycles. The molecule has 1 aliphatic rings. The third-order valence-electron chi connectivity index (χ3n) is 5.70. The quantitative estimate of drug-likeness (QED) is 0.830. The highest BCUT2D eigenvalue weighted by molar-refractivity contribution is 5.81. The lowest BCUT2D eigenvalue weighted by Gasteiger charge is -2.27. The van der Waals surface area contributed by atoms with E-state index in [1.807, 2.05) is 32.9 Å². The summed E-state index contributed by atoms with van der Waals surface area (Å²) in [7, 11) is 0. The monoisotopic (exact) mass is 384 g/mol. The van der Waals surface area contributed by atoms with E-state index in [1.165, 1.54) is 11.1 Å². The minimum atomic E-state index is -0.129. The van der Waals surface area contributed by atoms with Crippen LogP contribution in [0.15, 0.2) is 28.7 Å². The van der Waals surface area contributed by atoms with E-state index in [0.717, 1.165) is 56.5 Å².